The number of carbonyl (C=O) groups is 1. The van der Waals surface area contributed by atoms with Gasteiger partial charge in [-0.2, -0.15) is 0 Å². The molecule has 2 rings (SSSR count). The van der Waals surface area contributed by atoms with Crippen LogP contribution in [0.3, 0.4) is 0 Å². The molecule has 0 saturated carbocycles. The van der Waals surface area contributed by atoms with Crippen LogP contribution in [0.25, 0.3) is 0 Å². The number of aliphatic hydroxyl groups excluding tert-OH is 1. The van der Waals surface area contributed by atoms with Gasteiger partial charge < -0.3 is 14.7 Å². The first-order chi connectivity index (χ1) is 8.79. The number of benzene rings is 1. The fraction of sp³-hybridized carbons (Fsp3) is 0.500. The van der Waals surface area contributed by atoms with E-state index in [2.05, 4.69) is 0 Å². The summed E-state index contributed by atoms with van der Waals surface area (Å²) in [7, 11) is 0. The van der Waals surface area contributed by atoms with Crippen LogP contribution in [0.15, 0.2) is 30.3 Å². The number of hydrogen-bond acceptors (Lipinski definition) is 3. The van der Waals surface area contributed by atoms with Gasteiger partial charge in [0.1, 0.15) is 0 Å². The predicted molar refractivity (Wildman–Crippen MR) is 67.9 cm³/mol. The standard InChI is InChI=1S/C14H19NO3/c16-7-6-15(9-12-4-2-1-3-5-12)14(17)8-13-10-18-11-13/h1-5,13,16H,6-11H2. The molecule has 0 atom stereocenters. The van der Waals surface area contributed by atoms with Crippen LogP contribution in [0.2, 0.25) is 0 Å². The van der Waals surface area contributed by atoms with Gasteiger partial charge in [-0.3, -0.25) is 4.79 Å². The summed E-state index contributed by atoms with van der Waals surface area (Å²) < 4.78 is 5.07. The lowest BCUT2D eigenvalue weighted by Crippen LogP contribution is -2.38. The predicted octanol–water partition coefficient (Wildman–Crippen LogP) is 1.04. The van der Waals surface area contributed by atoms with E-state index >= 15 is 0 Å². The molecule has 18 heavy (non-hydrogen) atoms. The quantitative estimate of drug-likeness (QED) is 0.819. The van der Waals surface area contributed by atoms with Gasteiger partial charge in [-0.25, -0.2) is 0 Å². The van der Waals surface area contributed by atoms with E-state index in [1.807, 2.05) is 30.3 Å². The highest BCUT2D eigenvalue weighted by Crippen LogP contribution is 2.16. The molecule has 1 aromatic carbocycles. The summed E-state index contributed by atoms with van der Waals surface area (Å²) in [6.45, 7) is 2.32. The van der Waals surface area contributed by atoms with Gasteiger partial charge in [0.2, 0.25) is 5.91 Å². The summed E-state index contributed by atoms with van der Waals surface area (Å²) in [6.07, 6.45) is 0.521. The van der Waals surface area contributed by atoms with Gasteiger partial charge in [-0.05, 0) is 5.56 Å². The lowest BCUT2D eigenvalue weighted by molar-refractivity contribution is -0.137. The first-order valence-electron chi connectivity index (χ1n) is 6.30. The molecule has 1 amide bonds. The minimum atomic E-state index is -0.000258. The van der Waals surface area contributed by atoms with Crippen LogP contribution in [0.4, 0.5) is 0 Å². The zero-order valence-electron chi connectivity index (χ0n) is 10.4. The van der Waals surface area contributed by atoms with Crippen LogP contribution in [-0.4, -0.2) is 42.3 Å². The Labute approximate surface area is 107 Å². The molecule has 0 aliphatic carbocycles. The zero-order valence-corrected chi connectivity index (χ0v) is 10.4. The second kappa shape index (κ2) is 6.52. The Bertz CT molecular complexity index is 376. The van der Waals surface area contributed by atoms with Crippen LogP contribution in [0, 0.1) is 5.92 Å². The maximum absolute atomic E-state index is 12.1. The smallest absolute Gasteiger partial charge is 0.223 e. The van der Waals surface area contributed by atoms with Crippen molar-refractivity contribution >= 4 is 5.91 Å². The Balaban J connectivity index is 1.91. The molecule has 0 bridgehead atoms. The molecular formula is C14H19NO3. The Hall–Kier alpha value is -1.39. The summed E-state index contributed by atoms with van der Waals surface area (Å²) in [5.74, 6) is 0.454. The fourth-order valence-corrected chi connectivity index (χ4v) is 1.99. The lowest BCUT2D eigenvalue weighted by atomic mass is 10.0. The fourth-order valence-electron chi connectivity index (χ4n) is 1.99. The van der Waals surface area contributed by atoms with E-state index in [9.17, 15) is 4.79 Å². The Morgan fingerprint density at radius 1 is 1.33 bits per heavy atom. The summed E-state index contributed by atoms with van der Waals surface area (Å²) in [4.78, 5) is 13.8. The zero-order chi connectivity index (χ0) is 12.8. The molecule has 1 N–H and O–H groups in total. The number of ether oxygens (including phenoxy) is 1. The molecule has 98 valence electrons. The maximum Gasteiger partial charge on any atom is 0.223 e. The van der Waals surface area contributed by atoms with Crippen LogP contribution in [0.1, 0.15) is 12.0 Å². The molecule has 1 saturated heterocycles. The van der Waals surface area contributed by atoms with Gasteiger partial charge in [0, 0.05) is 25.4 Å². The van der Waals surface area contributed by atoms with E-state index < -0.39 is 0 Å². The molecule has 1 fully saturated rings. The second-order valence-corrected chi connectivity index (χ2v) is 4.63. The molecule has 1 aliphatic heterocycles. The van der Waals surface area contributed by atoms with Crippen molar-refractivity contribution in [1.29, 1.82) is 0 Å². The molecule has 1 heterocycles. The molecule has 0 unspecified atom stereocenters. The summed E-state index contributed by atoms with van der Waals surface area (Å²) in [6, 6.07) is 9.84. The second-order valence-electron chi connectivity index (χ2n) is 4.63. The molecule has 0 spiro atoms. The molecule has 4 heteroatoms. The molecule has 0 aromatic heterocycles. The van der Waals surface area contributed by atoms with Crippen LogP contribution in [-0.2, 0) is 16.1 Å². The van der Waals surface area contributed by atoms with Crippen molar-refractivity contribution in [3.8, 4) is 0 Å². The molecule has 1 aliphatic rings. The van der Waals surface area contributed by atoms with Crippen molar-refractivity contribution in [1.82, 2.24) is 4.90 Å². The maximum atomic E-state index is 12.1. The average Bonchev–Trinajstić information content (AvgIpc) is 2.34. The third-order valence-corrected chi connectivity index (χ3v) is 3.11. The van der Waals surface area contributed by atoms with Gasteiger partial charge in [-0.1, -0.05) is 30.3 Å². The molecule has 4 nitrogen and oxygen atoms in total. The number of carbonyl (C=O) groups excluding carboxylic acids is 1. The van der Waals surface area contributed by atoms with Crippen molar-refractivity contribution in [2.75, 3.05) is 26.4 Å². The van der Waals surface area contributed by atoms with Crippen molar-refractivity contribution in [2.24, 2.45) is 5.92 Å². The van der Waals surface area contributed by atoms with E-state index in [4.69, 9.17) is 9.84 Å². The lowest BCUT2D eigenvalue weighted by Gasteiger charge is -2.29. The number of nitrogens with zero attached hydrogens (tertiary/aromatic N) is 1. The summed E-state index contributed by atoms with van der Waals surface area (Å²) in [5.41, 5.74) is 1.09. The number of amides is 1. The van der Waals surface area contributed by atoms with E-state index in [0.717, 1.165) is 5.56 Å². The Morgan fingerprint density at radius 3 is 2.61 bits per heavy atom. The highest BCUT2D eigenvalue weighted by atomic mass is 16.5. The van der Waals surface area contributed by atoms with Crippen molar-refractivity contribution < 1.29 is 14.6 Å². The minimum Gasteiger partial charge on any atom is -0.395 e. The molecular weight excluding hydrogens is 230 g/mol. The van der Waals surface area contributed by atoms with Gasteiger partial charge in [-0.15, -0.1) is 0 Å². The van der Waals surface area contributed by atoms with Gasteiger partial charge in [0.15, 0.2) is 0 Å². The Kier molecular flexibility index (Phi) is 4.73. The van der Waals surface area contributed by atoms with Gasteiger partial charge in [0.05, 0.1) is 19.8 Å². The first-order valence-corrected chi connectivity index (χ1v) is 6.30. The number of aliphatic hydroxyl groups is 1. The monoisotopic (exact) mass is 249 g/mol. The van der Waals surface area contributed by atoms with Crippen LogP contribution in [0.5, 0.6) is 0 Å². The molecule has 0 radical (unpaired) electrons. The van der Waals surface area contributed by atoms with Crippen molar-refractivity contribution in [3.63, 3.8) is 0 Å². The van der Waals surface area contributed by atoms with E-state index in [1.54, 1.807) is 4.90 Å². The Morgan fingerprint density at radius 2 is 2.06 bits per heavy atom. The van der Waals surface area contributed by atoms with E-state index in [0.29, 0.717) is 38.6 Å². The number of rotatable bonds is 6. The third-order valence-electron chi connectivity index (χ3n) is 3.11. The topological polar surface area (TPSA) is 49.8 Å². The highest BCUT2D eigenvalue weighted by molar-refractivity contribution is 5.76. The van der Waals surface area contributed by atoms with Crippen molar-refractivity contribution in [3.05, 3.63) is 35.9 Å². The van der Waals surface area contributed by atoms with E-state index in [1.165, 1.54) is 0 Å². The summed E-state index contributed by atoms with van der Waals surface area (Å²) in [5, 5.41) is 9.05. The van der Waals surface area contributed by atoms with Gasteiger partial charge in [0.25, 0.3) is 0 Å². The highest BCUT2D eigenvalue weighted by Gasteiger charge is 2.24. The van der Waals surface area contributed by atoms with Crippen molar-refractivity contribution in [2.45, 2.75) is 13.0 Å². The first kappa shape index (κ1) is 13.1. The summed E-state index contributed by atoms with van der Waals surface area (Å²) >= 11 is 0. The normalized spacial score (nSPS) is 15.2. The number of hydrogen-bond donors (Lipinski definition) is 1. The average molecular weight is 249 g/mol. The van der Waals surface area contributed by atoms with E-state index in [-0.39, 0.29) is 12.5 Å². The molecule has 1 aromatic rings. The van der Waals surface area contributed by atoms with Crippen LogP contribution >= 0.6 is 0 Å². The SMILES string of the molecule is O=C(CC1COC1)N(CCO)Cc1ccccc1. The van der Waals surface area contributed by atoms with Crippen LogP contribution < -0.4 is 0 Å². The minimum absolute atomic E-state index is 0.000258. The third kappa shape index (κ3) is 3.55. The van der Waals surface area contributed by atoms with Gasteiger partial charge >= 0.3 is 0 Å². The largest absolute Gasteiger partial charge is 0.395 e.